The first-order chi connectivity index (χ1) is 12.4. The number of carbonyl (C=O) groups is 2. The van der Waals surface area contributed by atoms with Crippen LogP contribution in [0.1, 0.15) is 47.8 Å². The fourth-order valence-corrected chi connectivity index (χ4v) is 2.81. The number of nitrogens with one attached hydrogen (secondary N) is 1. The first kappa shape index (κ1) is 20.0. The molecule has 2 atom stereocenters. The molecule has 7 heteroatoms. The van der Waals surface area contributed by atoms with Crippen LogP contribution in [-0.4, -0.2) is 23.2 Å². The molecular formula is C19H21ClFN3O2. The monoisotopic (exact) mass is 377 g/mol. The maximum absolute atomic E-state index is 15.1. The number of halogens is 2. The van der Waals surface area contributed by atoms with Crippen molar-refractivity contribution in [1.82, 2.24) is 10.3 Å². The molecule has 0 aliphatic rings. The number of benzene rings is 1. The molecule has 0 spiro atoms. The van der Waals surface area contributed by atoms with E-state index in [1.165, 1.54) is 18.5 Å². The van der Waals surface area contributed by atoms with Crippen LogP contribution in [-0.2, 0) is 4.79 Å². The summed E-state index contributed by atoms with van der Waals surface area (Å²) in [5.74, 6) is -2.02. The Morgan fingerprint density at radius 3 is 2.65 bits per heavy atom. The lowest BCUT2D eigenvalue weighted by Gasteiger charge is -2.21. The SMILES string of the molecule is CC[C@@H](NCC(C)C(N)=O)c1ccc(Cl)c(C(=O)c2cccnc2)c1F. The highest BCUT2D eigenvalue weighted by Gasteiger charge is 2.24. The lowest BCUT2D eigenvalue weighted by Crippen LogP contribution is -2.33. The maximum atomic E-state index is 15.1. The predicted octanol–water partition coefficient (Wildman–Crippen LogP) is 3.27. The minimum absolute atomic E-state index is 0.0421. The van der Waals surface area contributed by atoms with Gasteiger partial charge in [-0.05, 0) is 24.6 Å². The van der Waals surface area contributed by atoms with Crippen molar-refractivity contribution in [2.75, 3.05) is 6.54 Å². The molecule has 5 nitrogen and oxygen atoms in total. The van der Waals surface area contributed by atoms with Gasteiger partial charge in [-0.3, -0.25) is 14.6 Å². The number of ketones is 1. The average Bonchev–Trinajstić information content (AvgIpc) is 2.63. The molecule has 0 saturated heterocycles. The molecule has 2 rings (SSSR count). The third-order valence-corrected chi connectivity index (χ3v) is 4.53. The first-order valence-corrected chi connectivity index (χ1v) is 8.69. The molecule has 1 unspecified atom stereocenters. The molecular weight excluding hydrogens is 357 g/mol. The smallest absolute Gasteiger partial charge is 0.221 e. The van der Waals surface area contributed by atoms with Crippen molar-refractivity contribution in [1.29, 1.82) is 0 Å². The minimum Gasteiger partial charge on any atom is -0.369 e. The van der Waals surface area contributed by atoms with Gasteiger partial charge in [-0.25, -0.2) is 4.39 Å². The molecule has 138 valence electrons. The van der Waals surface area contributed by atoms with E-state index >= 15 is 4.39 Å². The summed E-state index contributed by atoms with van der Waals surface area (Å²) >= 11 is 6.10. The maximum Gasteiger partial charge on any atom is 0.221 e. The Balaban J connectivity index is 2.35. The minimum atomic E-state index is -0.669. The van der Waals surface area contributed by atoms with Gasteiger partial charge in [0.1, 0.15) is 5.82 Å². The van der Waals surface area contributed by atoms with E-state index in [0.29, 0.717) is 18.5 Å². The average molecular weight is 378 g/mol. The van der Waals surface area contributed by atoms with E-state index in [1.807, 2.05) is 6.92 Å². The third kappa shape index (κ3) is 4.45. The summed E-state index contributed by atoms with van der Waals surface area (Å²) in [4.78, 5) is 27.7. The molecule has 1 amide bonds. The molecule has 1 heterocycles. The summed E-state index contributed by atoms with van der Waals surface area (Å²) in [7, 11) is 0. The summed E-state index contributed by atoms with van der Waals surface area (Å²) in [6.45, 7) is 3.88. The Kier molecular flexibility index (Phi) is 6.83. The number of amides is 1. The number of rotatable bonds is 8. The summed E-state index contributed by atoms with van der Waals surface area (Å²) < 4.78 is 15.1. The van der Waals surface area contributed by atoms with Gasteiger partial charge in [0.15, 0.2) is 5.78 Å². The molecule has 0 aliphatic heterocycles. The molecule has 0 saturated carbocycles. The van der Waals surface area contributed by atoms with Crippen LogP contribution in [0.15, 0.2) is 36.7 Å². The molecule has 0 fully saturated rings. The van der Waals surface area contributed by atoms with Gasteiger partial charge in [0.25, 0.3) is 0 Å². The van der Waals surface area contributed by atoms with Gasteiger partial charge in [-0.2, -0.15) is 0 Å². The highest BCUT2D eigenvalue weighted by atomic mass is 35.5. The summed E-state index contributed by atoms with van der Waals surface area (Å²) in [5.41, 5.74) is 5.66. The van der Waals surface area contributed by atoms with E-state index in [1.54, 1.807) is 25.1 Å². The Bertz CT molecular complexity index is 799. The van der Waals surface area contributed by atoms with Crippen LogP contribution < -0.4 is 11.1 Å². The van der Waals surface area contributed by atoms with Gasteiger partial charge in [-0.15, -0.1) is 0 Å². The second-order valence-corrected chi connectivity index (χ2v) is 6.48. The van der Waals surface area contributed by atoms with Crippen LogP contribution in [0.5, 0.6) is 0 Å². The van der Waals surface area contributed by atoms with Gasteiger partial charge in [0, 0.05) is 42.0 Å². The van der Waals surface area contributed by atoms with Gasteiger partial charge in [-0.1, -0.05) is 31.5 Å². The van der Waals surface area contributed by atoms with Crippen molar-refractivity contribution in [2.24, 2.45) is 11.7 Å². The van der Waals surface area contributed by atoms with Crippen molar-refractivity contribution >= 4 is 23.3 Å². The van der Waals surface area contributed by atoms with E-state index in [2.05, 4.69) is 10.3 Å². The molecule has 2 aromatic rings. The topological polar surface area (TPSA) is 85.1 Å². The zero-order valence-corrected chi connectivity index (χ0v) is 15.4. The number of nitrogens with zero attached hydrogens (tertiary/aromatic N) is 1. The summed E-state index contributed by atoms with van der Waals surface area (Å²) in [6.07, 6.45) is 3.46. The second-order valence-electron chi connectivity index (χ2n) is 6.07. The Hall–Kier alpha value is -2.31. The third-order valence-electron chi connectivity index (χ3n) is 4.21. The second kappa shape index (κ2) is 8.87. The van der Waals surface area contributed by atoms with Crippen LogP contribution in [0.2, 0.25) is 5.02 Å². The van der Waals surface area contributed by atoms with Crippen LogP contribution in [0.4, 0.5) is 4.39 Å². The zero-order valence-electron chi connectivity index (χ0n) is 14.6. The standard InChI is InChI=1S/C19H21ClFN3O2/c1-3-15(24-9-11(2)19(22)26)13-6-7-14(20)16(17(13)21)18(25)12-5-4-8-23-10-12/h4-8,10-11,15,24H,3,9H2,1-2H3,(H2,22,26)/t11?,15-/m1/s1. The lowest BCUT2D eigenvalue weighted by atomic mass is 9.96. The largest absolute Gasteiger partial charge is 0.369 e. The Labute approximate surface area is 156 Å². The highest BCUT2D eigenvalue weighted by Crippen LogP contribution is 2.29. The molecule has 26 heavy (non-hydrogen) atoms. The lowest BCUT2D eigenvalue weighted by molar-refractivity contribution is -0.121. The van der Waals surface area contributed by atoms with Crippen molar-refractivity contribution in [2.45, 2.75) is 26.3 Å². The van der Waals surface area contributed by atoms with Gasteiger partial charge in [0.05, 0.1) is 10.6 Å². The number of carbonyl (C=O) groups excluding carboxylic acids is 2. The Morgan fingerprint density at radius 2 is 2.08 bits per heavy atom. The number of pyridine rings is 1. The summed E-state index contributed by atoms with van der Waals surface area (Å²) in [6, 6.07) is 5.83. The van der Waals surface area contributed by atoms with E-state index in [4.69, 9.17) is 17.3 Å². The molecule has 3 N–H and O–H groups in total. The fourth-order valence-electron chi connectivity index (χ4n) is 2.58. The molecule has 1 aromatic heterocycles. The molecule has 1 aromatic carbocycles. The molecule has 0 aliphatic carbocycles. The van der Waals surface area contributed by atoms with E-state index < -0.39 is 23.4 Å². The summed E-state index contributed by atoms with van der Waals surface area (Å²) in [5, 5.41) is 3.17. The van der Waals surface area contributed by atoms with Crippen LogP contribution in [0.3, 0.4) is 0 Å². The van der Waals surface area contributed by atoms with Crippen LogP contribution in [0, 0.1) is 11.7 Å². The van der Waals surface area contributed by atoms with Crippen molar-refractivity contribution in [3.63, 3.8) is 0 Å². The number of nitrogens with two attached hydrogens (primary N) is 1. The van der Waals surface area contributed by atoms with Gasteiger partial charge in [0.2, 0.25) is 5.91 Å². The van der Waals surface area contributed by atoms with Crippen molar-refractivity contribution in [3.05, 3.63) is 64.2 Å². The number of hydrogen-bond acceptors (Lipinski definition) is 4. The van der Waals surface area contributed by atoms with E-state index in [0.717, 1.165) is 0 Å². The number of primary amides is 1. The predicted molar refractivity (Wildman–Crippen MR) is 98.5 cm³/mol. The van der Waals surface area contributed by atoms with Crippen LogP contribution in [0.25, 0.3) is 0 Å². The van der Waals surface area contributed by atoms with E-state index in [-0.39, 0.29) is 22.2 Å². The van der Waals surface area contributed by atoms with Crippen molar-refractivity contribution < 1.29 is 14.0 Å². The Morgan fingerprint density at radius 1 is 1.35 bits per heavy atom. The van der Waals surface area contributed by atoms with Gasteiger partial charge < -0.3 is 11.1 Å². The van der Waals surface area contributed by atoms with E-state index in [9.17, 15) is 9.59 Å². The van der Waals surface area contributed by atoms with Crippen LogP contribution >= 0.6 is 11.6 Å². The molecule has 0 bridgehead atoms. The quantitative estimate of drug-likeness (QED) is 0.691. The highest BCUT2D eigenvalue weighted by molar-refractivity contribution is 6.35. The first-order valence-electron chi connectivity index (χ1n) is 8.32. The van der Waals surface area contributed by atoms with Crippen molar-refractivity contribution in [3.8, 4) is 0 Å². The normalized spacial score (nSPS) is 13.2. The zero-order chi connectivity index (χ0) is 19.3. The fraction of sp³-hybridized carbons (Fsp3) is 0.316. The molecule has 0 radical (unpaired) electrons. The number of hydrogen-bond donors (Lipinski definition) is 2. The number of aromatic nitrogens is 1. The van der Waals surface area contributed by atoms with Gasteiger partial charge >= 0.3 is 0 Å².